The number of anilines is 2. The van der Waals surface area contributed by atoms with Crippen molar-refractivity contribution in [3.63, 3.8) is 0 Å². The van der Waals surface area contributed by atoms with Crippen molar-refractivity contribution < 1.29 is 26.5 Å². The van der Waals surface area contributed by atoms with Crippen molar-refractivity contribution in [3.05, 3.63) is 41.9 Å². The van der Waals surface area contributed by atoms with Gasteiger partial charge in [0.25, 0.3) is 11.8 Å². The zero-order chi connectivity index (χ0) is 23.1. The predicted octanol–water partition coefficient (Wildman–Crippen LogP) is 2.69. The largest absolute Gasteiger partial charge is 0.364 e. The van der Waals surface area contributed by atoms with Gasteiger partial charge in [0.15, 0.2) is 11.5 Å². The van der Waals surface area contributed by atoms with Crippen molar-refractivity contribution in [2.24, 2.45) is 5.92 Å². The number of carbonyl (C=O) groups is 1. The summed E-state index contributed by atoms with van der Waals surface area (Å²) in [5.74, 6) is -3.74. The molecule has 2 fully saturated rings. The molecule has 1 aliphatic carbocycles. The van der Waals surface area contributed by atoms with Crippen LogP contribution >= 0.6 is 0 Å². The maximum absolute atomic E-state index is 13.4. The first-order chi connectivity index (χ1) is 15.7. The maximum Gasteiger partial charge on any atom is 0.327 e. The Balaban J connectivity index is 1.29. The predicted molar refractivity (Wildman–Crippen MR) is 114 cm³/mol. The van der Waals surface area contributed by atoms with Crippen LogP contribution in [0.1, 0.15) is 41.9 Å². The molecule has 1 saturated carbocycles. The molecule has 1 saturated heterocycles. The summed E-state index contributed by atoms with van der Waals surface area (Å²) >= 11 is 0. The van der Waals surface area contributed by atoms with Gasteiger partial charge in [-0.15, -0.1) is 0 Å². The quantitative estimate of drug-likeness (QED) is 0.671. The highest BCUT2D eigenvalue weighted by atomic mass is 32.2. The van der Waals surface area contributed by atoms with Gasteiger partial charge in [-0.1, -0.05) is 11.2 Å². The lowest BCUT2D eigenvalue weighted by Gasteiger charge is -2.33. The second-order valence-electron chi connectivity index (χ2n) is 9.00. The SMILES string of the molecule is CN1c2nc(C3=CC4CCC(C3)N4C(=O)c3ccon3)ccc2N(CC2CC2(F)F)S1(=O)=O. The summed E-state index contributed by atoms with van der Waals surface area (Å²) in [4.78, 5) is 19.3. The molecule has 1 amide bonds. The van der Waals surface area contributed by atoms with Gasteiger partial charge in [0, 0.05) is 38.0 Å². The molecule has 2 aromatic rings. The van der Waals surface area contributed by atoms with Crippen LogP contribution in [0.4, 0.5) is 20.3 Å². The number of halogens is 2. The molecular formula is C21H21F2N5O4S. The zero-order valence-electron chi connectivity index (χ0n) is 17.7. The molecule has 0 aromatic carbocycles. The van der Waals surface area contributed by atoms with Gasteiger partial charge in [-0.05, 0) is 37.0 Å². The fraction of sp³-hybridized carbons (Fsp3) is 0.476. The van der Waals surface area contributed by atoms with Gasteiger partial charge in [0.05, 0.1) is 17.4 Å². The van der Waals surface area contributed by atoms with E-state index in [1.54, 1.807) is 18.2 Å². The van der Waals surface area contributed by atoms with Gasteiger partial charge in [-0.2, -0.15) is 8.42 Å². The van der Waals surface area contributed by atoms with E-state index in [9.17, 15) is 22.0 Å². The first-order valence-corrected chi connectivity index (χ1v) is 12.2. The number of aromatic nitrogens is 2. The average Bonchev–Trinajstić information content (AvgIpc) is 3.12. The molecule has 0 radical (unpaired) electrons. The molecule has 2 bridgehead atoms. The third-order valence-corrected chi connectivity index (χ3v) is 8.77. The van der Waals surface area contributed by atoms with Crippen LogP contribution in [-0.4, -0.2) is 61.0 Å². The second kappa shape index (κ2) is 6.75. The smallest absolute Gasteiger partial charge is 0.327 e. The highest BCUT2D eigenvalue weighted by Gasteiger charge is 2.59. The minimum atomic E-state index is -3.95. The summed E-state index contributed by atoms with van der Waals surface area (Å²) in [6.45, 7) is -0.264. The number of hydrogen-bond acceptors (Lipinski definition) is 6. The summed E-state index contributed by atoms with van der Waals surface area (Å²) in [6.07, 6.45) is 5.32. The molecular weight excluding hydrogens is 456 g/mol. The summed E-state index contributed by atoms with van der Waals surface area (Å²) in [5.41, 5.74) is 2.14. The summed E-state index contributed by atoms with van der Waals surface area (Å²) in [7, 11) is -2.57. The van der Waals surface area contributed by atoms with E-state index in [-0.39, 0.29) is 42.5 Å². The minimum Gasteiger partial charge on any atom is -0.364 e. The average molecular weight is 477 g/mol. The lowest BCUT2D eigenvalue weighted by Crippen LogP contribution is -2.43. The molecule has 2 aromatic heterocycles. The minimum absolute atomic E-state index is 0.00990. The van der Waals surface area contributed by atoms with Crippen LogP contribution in [0.3, 0.4) is 0 Å². The highest BCUT2D eigenvalue weighted by Crippen LogP contribution is 2.51. The van der Waals surface area contributed by atoms with E-state index in [0.717, 1.165) is 27.0 Å². The van der Waals surface area contributed by atoms with Crippen LogP contribution in [0.5, 0.6) is 0 Å². The number of alkyl halides is 2. The van der Waals surface area contributed by atoms with E-state index in [1.807, 2.05) is 11.0 Å². The molecule has 4 aliphatic rings. The van der Waals surface area contributed by atoms with Gasteiger partial charge in [0.1, 0.15) is 6.26 Å². The van der Waals surface area contributed by atoms with E-state index in [0.29, 0.717) is 17.8 Å². The van der Waals surface area contributed by atoms with Crippen LogP contribution in [0, 0.1) is 5.92 Å². The fourth-order valence-corrected chi connectivity index (χ4v) is 6.49. The summed E-state index contributed by atoms with van der Waals surface area (Å²) in [5, 5.41) is 3.75. The van der Waals surface area contributed by atoms with E-state index in [4.69, 9.17) is 4.52 Å². The van der Waals surface area contributed by atoms with E-state index in [2.05, 4.69) is 10.1 Å². The molecule has 9 nitrogen and oxygen atoms in total. The number of hydrogen-bond donors (Lipinski definition) is 0. The molecule has 0 N–H and O–H groups in total. The van der Waals surface area contributed by atoms with Crippen LogP contribution in [0.2, 0.25) is 0 Å². The van der Waals surface area contributed by atoms with Crippen molar-refractivity contribution in [2.45, 2.75) is 43.7 Å². The first-order valence-electron chi connectivity index (χ1n) is 10.8. The van der Waals surface area contributed by atoms with Gasteiger partial charge in [0.2, 0.25) is 0 Å². The lowest BCUT2D eigenvalue weighted by molar-refractivity contribution is 0.0681. The third kappa shape index (κ3) is 3.06. The molecule has 0 spiro atoms. The van der Waals surface area contributed by atoms with Crippen molar-refractivity contribution in [1.82, 2.24) is 15.0 Å². The number of fused-ring (bicyclic) bond motifs is 3. The number of carbonyl (C=O) groups excluding carboxylic acids is 1. The Morgan fingerprint density at radius 2 is 2.06 bits per heavy atom. The Morgan fingerprint density at radius 3 is 2.73 bits per heavy atom. The normalized spacial score (nSPS) is 28.6. The van der Waals surface area contributed by atoms with Gasteiger partial charge >= 0.3 is 10.2 Å². The number of amides is 1. The molecule has 3 atom stereocenters. The van der Waals surface area contributed by atoms with Crippen molar-refractivity contribution in [2.75, 3.05) is 22.2 Å². The molecule has 33 heavy (non-hydrogen) atoms. The second-order valence-corrected chi connectivity index (χ2v) is 10.9. The van der Waals surface area contributed by atoms with Crippen LogP contribution < -0.4 is 8.61 Å². The number of rotatable bonds is 4. The van der Waals surface area contributed by atoms with Crippen LogP contribution in [0.25, 0.3) is 5.57 Å². The van der Waals surface area contributed by atoms with Gasteiger partial charge < -0.3 is 9.42 Å². The molecule has 5 heterocycles. The Kier molecular flexibility index (Phi) is 4.21. The third-order valence-electron chi connectivity index (χ3n) is 7.00. The van der Waals surface area contributed by atoms with Crippen molar-refractivity contribution in [1.29, 1.82) is 0 Å². The van der Waals surface area contributed by atoms with Crippen molar-refractivity contribution in [3.8, 4) is 0 Å². The van der Waals surface area contributed by atoms with Crippen LogP contribution in [-0.2, 0) is 10.2 Å². The van der Waals surface area contributed by atoms with E-state index < -0.39 is 22.0 Å². The first kappa shape index (κ1) is 20.6. The monoisotopic (exact) mass is 477 g/mol. The molecule has 3 unspecified atom stereocenters. The highest BCUT2D eigenvalue weighted by molar-refractivity contribution is 7.94. The topological polar surface area (TPSA) is 99.8 Å². The van der Waals surface area contributed by atoms with Gasteiger partial charge in [-0.3, -0.25) is 4.79 Å². The standard InChI is InChI=1S/C21H21F2N5O4S/c1-26-19-18(27(33(26,30)31)11-13-10-21(13,22)23)5-4-16(24-19)12-8-14-2-3-15(9-12)28(14)20(29)17-6-7-32-25-17/h4-8,13-15H,2-3,9-11H2,1H3. The zero-order valence-corrected chi connectivity index (χ0v) is 18.5. The fourth-order valence-electron chi connectivity index (χ4n) is 5.08. The molecule has 174 valence electrons. The summed E-state index contributed by atoms with van der Waals surface area (Å²) in [6, 6.07) is 4.79. The maximum atomic E-state index is 13.4. The van der Waals surface area contributed by atoms with E-state index in [1.165, 1.54) is 13.3 Å². The number of nitrogens with zero attached hydrogens (tertiary/aromatic N) is 5. The number of pyridine rings is 1. The van der Waals surface area contributed by atoms with E-state index >= 15 is 0 Å². The Hall–Kier alpha value is -3.02. The Bertz CT molecular complexity index is 1280. The van der Waals surface area contributed by atoms with Crippen molar-refractivity contribution >= 4 is 33.2 Å². The Labute approximate surface area is 188 Å². The molecule has 6 rings (SSSR count). The van der Waals surface area contributed by atoms with Gasteiger partial charge in [-0.25, -0.2) is 22.4 Å². The van der Waals surface area contributed by atoms with Crippen LogP contribution in [0.15, 0.2) is 35.1 Å². The Morgan fingerprint density at radius 1 is 1.27 bits per heavy atom. The molecule has 12 heteroatoms. The lowest BCUT2D eigenvalue weighted by atomic mass is 9.97. The molecule has 3 aliphatic heterocycles. The summed E-state index contributed by atoms with van der Waals surface area (Å²) < 4.78 is 59.5.